The van der Waals surface area contributed by atoms with Crippen LogP contribution in [-0.4, -0.2) is 30.5 Å². The van der Waals surface area contributed by atoms with Crippen molar-refractivity contribution in [2.75, 3.05) is 0 Å². The molecular formula is C29H24N8O2S2. The number of nitro benzene ring substituents is 1. The van der Waals surface area contributed by atoms with Crippen LogP contribution in [0.4, 0.5) is 5.69 Å². The van der Waals surface area contributed by atoms with Crippen LogP contribution in [0.2, 0.25) is 0 Å². The minimum atomic E-state index is -0.435. The molecule has 0 radical (unpaired) electrons. The van der Waals surface area contributed by atoms with E-state index in [9.17, 15) is 10.1 Å². The lowest BCUT2D eigenvalue weighted by atomic mass is 10.1. The minimum absolute atomic E-state index is 0.0170. The van der Waals surface area contributed by atoms with Gasteiger partial charge in [0.05, 0.1) is 26.9 Å². The number of thiazole rings is 1. The molecule has 4 N–H and O–H groups in total. The lowest BCUT2D eigenvalue weighted by Crippen LogP contribution is -2.37. The molecule has 0 unspecified atom stereocenters. The first-order valence-electron chi connectivity index (χ1n) is 12.4. The summed E-state index contributed by atoms with van der Waals surface area (Å²) >= 11 is 6.53. The summed E-state index contributed by atoms with van der Waals surface area (Å²) in [4.78, 5) is 16.2. The number of thiocarbonyl (C=S) groups is 1. The van der Waals surface area contributed by atoms with Crippen LogP contribution in [-0.2, 0) is 0 Å². The molecule has 0 spiro atoms. The molecule has 0 saturated heterocycles. The fourth-order valence-corrected chi connectivity index (χ4v) is 5.04. The molecule has 0 aliphatic rings. The third-order valence-corrected chi connectivity index (χ3v) is 7.36. The van der Waals surface area contributed by atoms with E-state index < -0.39 is 4.92 Å². The molecule has 0 fully saturated rings. The van der Waals surface area contributed by atoms with Gasteiger partial charge in [0.1, 0.15) is 5.71 Å². The number of nitrogens with zero attached hydrogens (tertiary/aromatic N) is 5. The average molecular weight is 581 g/mol. The van der Waals surface area contributed by atoms with Crippen molar-refractivity contribution in [2.45, 2.75) is 6.92 Å². The zero-order valence-corrected chi connectivity index (χ0v) is 23.4. The first kappa shape index (κ1) is 27.5. The predicted molar refractivity (Wildman–Crippen MR) is 167 cm³/mol. The van der Waals surface area contributed by atoms with Crippen molar-refractivity contribution in [1.29, 1.82) is 0 Å². The molecule has 3 aromatic carbocycles. The first-order chi connectivity index (χ1) is 19.9. The van der Waals surface area contributed by atoms with E-state index in [-0.39, 0.29) is 10.8 Å². The zero-order valence-electron chi connectivity index (χ0n) is 21.8. The third-order valence-electron chi connectivity index (χ3n) is 5.99. The summed E-state index contributed by atoms with van der Waals surface area (Å²) in [5.74, 6) is 5.42. The molecule has 2 heterocycles. The number of nitrogens with one attached hydrogen (secondary N) is 2. The second-order valence-electron chi connectivity index (χ2n) is 8.73. The van der Waals surface area contributed by atoms with E-state index in [2.05, 4.69) is 22.0 Å². The number of rotatable bonds is 8. The molecule has 0 amide bonds. The lowest BCUT2D eigenvalue weighted by Gasteiger charge is -2.04. The number of aromatic nitrogens is 3. The zero-order chi connectivity index (χ0) is 28.8. The molecule has 0 bridgehead atoms. The largest absolute Gasteiger partial charge is 0.300 e. The van der Waals surface area contributed by atoms with Crippen molar-refractivity contribution in [3.05, 3.63) is 123 Å². The molecule has 0 atom stereocenters. The number of benzene rings is 3. The van der Waals surface area contributed by atoms with Gasteiger partial charge in [-0.2, -0.15) is 10.2 Å². The number of hydrazone groups is 1. The van der Waals surface area contributed by atoms with Crippen LogP contribution in [0.15, 0.2) is 102 Å². The fraction of sp³-hybridized carbons (Fsp3) is 0.0345. The quantitative estimate of drug-likeness (QED) is 0.0706. The van der Waals surface area contributed by atoms with E-state index in [0.29, 0.717) is 10.8 Å². The molecule has 0 aliphatic carbocycles. The predicted octanol–water partition coefficient (Wildman–Crippen LogP) is 5.63. The summed E-state index contributed by atoms with van der Waals surface area (Å²) in [7, 11) is 0. The molecule has 5 aromatic rings. The van der Waals surface area contributed by atoms with Crippen LogP contribution < -0.4 is 16.7 Å². The van der Waals surface area contributed by atoms with Crippen LogP contribution >= 0.6 is 23.6 Å². The van der Waals surface area contributed by atoms with Gasteiger partial charge < -0.3 is 0 Å². The Balaban J connectivity index is 1.56. The Morgan fingerprint density at radius 1 is 1.05 bits per heavy atom. The van der Waals surface area contributed by atoms with Crippen molar-refractivity contribution in [3.63, 3.8) is 0 Å². The van der Waals surface area contributed by atoms with Gasteiger partial charge in [0.2, 0.25) is 10.2 Å². The maximum Gasteiger partial charge on any atom is 0.269 e. The molecule has 41 heavy (non-hydrogen) atoms. The maximum atomic E-state index is 11.0. The summed E-state index contributed by atoms with van der Waals surface area (Å²) in [5, 5.41) is 21.2. The van der Waals surface area contributed by atoms with Crippen LogP contribution in [0.25, 0.3) is 33.7 Å². The Morgan fingerprint density at radius 2 is 1.71 bits per heavy atom. The third kappa shape index (κ3) is 6.41. The number of nitrogens with two attached hydrogens (primary N) is 1. The number of hydrazine groups is 1. The van der Waals surface area contributed by atoms with Crippen molar-refractivity contribution >= 4 is 46.1 Å². The maximum absolute atomic E-state index is 11.0. The first-order valence-corrected chi connectivity index (χ1v) is 13.6. The Kier molecular flexibility index (Phi) is 8.34. The van der Waals surface area contributed by atoms with Gasteiger partial charge in [-0.05, 0) is 49.0 Å². The highest BCUT2D eigenvalue weighted by molar-refractivity contribution is 7.80. The van der Waals surface area contributed by atoms with Crippen LogP contribution in [0.1, 0.15) is 16.1 Å². The van der Waals surface area contributed by atoms with Crippen molar-refractivity contribution in [2.24, 2.45) is 10.9 Å². The Bertz CT molecular complexity index is 1740. The molecule has 204 valence electrons. The molecule has 2 aromatic heterocycles. The summed E-state index contributed by atoms with van der Waals surface area (Å²) in [6.07, 6.45) is 3.59. The number of hydrogen-bond acceptors (Lipinski definition) is 8. The number of aryl methyl sites for hydroxylation is 1. The second-order valence-corrected chi connectivity index (χ2v) is 10.1. The lowest BCUT2D eigenvalue weighted by molar-refractivity contribution is -0.384. The molecular weight excluding hydrogens is 557 g/mol. The monoisotopic (exact) mass is 580 g/mol. The van der Waals surface area contributed by atoms with E-state index in [1.807, 2.05) is 72.3 Å². The van der Waals surface area contributed by atoms with Gasteiger partial charge in [0.15, 0.2) is 0 Å². The second kappa shape index (κ2) is 12.4. The van der Waals surface area contributed by atoms with Crippen LogP contribution in [0.3, 0.4) is 0 Å². The van der Waals surface area contributed by atoms with E-state index >= 15 is 0 Å². The Morgan fingerprint density at radius 3 is 2.34 bits per heavy atom. The van der Waals surface area contributed by atoms with E-state index in [1.54, 1.807) is 24.3 Å². The molecule has 12 heteroatoms. The van der Waals surface area contributed by atoms with Gasteiger partial charge in [-0.15, -0.1) is 0 Å². The normalized spacial score (nSPS) is 11.5. The van der Waals surface area contributed by atoms with Gasteiger partial charge >= 0.3 is 0 Å². The topological polar surface area (TPSA) is 136 Å². The number of non-ortho nitro benzene ring substituents is 1. The Labute approximate surface area is 245 Å². The smallest absolute Gasteiger partial charge is 0.269 e. The summed E-state index contributed by atoms with van der Waals surface area (Å²) in [6, 6.07) is 28.3. The van der Waals surface area contributed by atoms with Crippen LogP contribution in [0, 0.1) is 17.0 Å². The minimum Gasteiger partial charge on any atom is -0.300 e. The SMILES string of the molecule is Cc1nc(-n2nc(-c3ccccc3)cc2-c2ccccc2)sc1C(/C=C\c1ccc([N+](=O)[O-])cc1)=N/NC(=S)NN. The van der Waals surface area contributed by atoms with Crippen LogP contribution in [0.5, 0.6) is 0 Å². The van der Waals surface area contributed by atoms with Gasteiger partial charge in [-0.25, -0.2) is 15.5 Å². The van der Waals surface area contributed by atoms with Crippen molar-refractivity contribution in [3.8, 4) is 27.6 Å². The van der Waals surface area contributed by atoms with Gasteiger partial charge in [-0.1, -0.05) is 78.1 Å². The van der Waals surface area contributed by atoms with Gasteiger partial charge in [0, 0.05) is 23.3 Å². The summed E-state index contributed by atoms with van der Waals surface area (Å²) < 4.78 is 1.84. The number of allylic oxidation sites excluding steroid dienone is 1. The van der Waals surface area contributed by atoms with Crippen molar-refractivity contribution < 1.29 is 4.92 Å². The molecule has 10 nitrogen and oxygen atoms in total. The summed E-state index contributed by atoms with van der Waals surface area (Å²) in [5.41, 5.74) is 10.9. The standard InChI is InChI=1S/C29H24N8O2S2/c1-19-27(24(33-34-28(40)32-30)17-14-20-12-15-23(16-13-20)37(38)39)41-29(31-19)36-26(22-10-6-3-7-11-22)18-25(35-36)21-8-4-2-5-9-21/h2-18H,30H2,1H3,(H2,32,34,40)/b17-14-,33-24+. The van der Waals surface area contributed by atoms with Gasteiger partial charge in [0.25, 0.3) is 5.69 Å². The highest BCUT2D eigenvalue weighted by Crippen LogP contribution is 2.31. The molecule has 0 saturated carbocycles. The van der Waals surface area contributed by atoms with E-state index in [0.717, 1.165) is 38.6 Å². The molecule has 0 aliphatic heterocycles. The van der Waals surface area contributed by atoms with E-state index in [1.165, 1.54) is 23.5 Å². The van der Waals surface area contributed by atoms with E-state index in [4.69, 9.17) is 28.1 Å². The van der Waals surface area contributed by atoms with Crippen molar-refractivity contribution in [1.82, 2.24) is 25.6 Å². The number of hydrogen-bond donors (Lipinski definition) is 3. The Hall–Kier alpha value is -5.04. The highest BCUT2D eigenvalue weighted by Gasteiger charge is 2.19. The summed E-state index contributed by atoms with van der Waals surface area (Å²) in [6.45, 7) is 1.90. The number of nitro groups is 1. The fourth-order valence-electron chi connectivity index (χ4n) is 3.99. The van der Waals surface area contributed by atoms with Gasteiger partial charge in [-0.3, -0.25) is 21.0 Å². The highest BCUT2D eigenvalue weighted by atomic mass is 32.1. The average Bonchev–Trinajstić information content (AvgIpc) is 3.62. The molecule has 5 rings (SSSR count).